The van der Waals surface area contributed by atoms with Crippen molar-refractivity contribution < 1.29 is 14.3 Å². The topological polar surface area (TPSA) is 38.8 Å². The largest absolute Gasteiger partial charge is 0.478 e. The molecule has 2 aliphatic heterocycles. The summed E-state index contributed by atoms with van der Waals surface area (Å²) in [5.74, 6) is 1.75. The Hall–Kier alpha value is -2.89. The summed E-state index contributed by atoms with van der Waals surface area (Å²) in [5.41, 5.74) is 3.88. The van der Waals surface area contributed by atoms with E-state index < -0.39 is 0 Å². The maximum Gasteiger partial charge on any atom is 0.231 e. The lowest BCUT2D eigenvalue weighted by Crippen LogP contribution is -2.33. The van der Waals surface area contributed by atoms with E-state index in [4.69, 9.17) is 9.47 Å². The second-order valence-electron chi connectivity index (χ2n) is 9.39. The zero-order valence-electron chi connectivity index (χ0n) is 18.7. The number of carbonyl (C=O) groups excluding carboxylic acids is 1. The number of nitrogens with zero attached hydrogens (tertiary/aromatic N) is 1. The number of hydrogen-bond donors (Lipinski definition) is 0. The van der Waals surface area contributed by atoms with Crippen molar-refractivity contribution in [3.05, 3.63) is 86.8 Å². The van der Waals surface area contributed by atoms with Crippen molar-refractivity contribution in [2.24, 2.45) is 0 Å². The number of rotatable bonds is 4. The van der Waals surface area contributed by atoms with Crippen LogP contribution < -0.4 is 9.47 Å². The first-order valence-electron chi connectivity index (χ1n) is 11.0. The smallest absolute Gasteiger partial charge is 0.231 e. The van der Waals surface area contributed by atoms with Gasteiger partial charge in [0.1, 0.15) is 18.2 Å². The van der Waals surface area contributed by atoms with Crippen LogP contribution in [-0.2, 0) is 18.4 Å². The Morgan fingerprint density at radius 2 is 1.91 bits per heavy atom. The summed E-state index contributed by atoms with van der Waals surface area (Å²) in [6, 6.07) is 16.3. The number of ether oxygens (including phenoxy) is 2. The van der Waals surface area contributed by atoms with Gasteiger partial charge in [-0.15, -0.1) is 11.3 Å². The predicted molar refractivity (Wildman–Crippen MR) is 128 cm³/mol. The number of Topliss-reactive ketones (excluding diaryl/α,β-unsaturated/α-hetero) is 1. The summed E-state index contributed by atoms with van der Waals surface area (Å²) in [5, 5.41) is 2.11. The van der Waals surface area contributed by atoms with E-state index in [1.165, 1.54) is 10.4 Å². The highest BCUT2D eigenvalue weighted by Crippen LogP contribution is 2.42. The van der Waals surface area contributed by atoms with Crippen LogP contribution >= 0.6 is 11.3 Å². The summed E-state index contributed by atoms with van der Waals surface area (Å²) < 4.78 is 12.1. The molecule has 0 bridgehead atoms. The fraction of sp³-hybridized carbons (Fsp3) is 0.296. The van der Waals surface area contributed by atoms with Crippen molar-refractivity contribution in [3.8, 4) is 11.5 Å². The SMILES string of the molecule is CC(C)(C)c1ccc(/C=C2\Oc3c(ccc4c3CN(CCc3cccs3)CO4)C2=O)cc1. The first-order valence-corrected chi connectivity index (χ1v) is 11.8. The van der Waals surface area contributed by atoms with E-state index in [1.807, 2.05) is 30.3 Å². The van der Waals surface area contributed by atoms with Gasteiger partial charge in [-0.05, 0) is 52.6 Å². The first-order chi connectivity index (χ1) is 15.4. The Bertz CT molecular complexity index is 1170. The summed E-state index contributed by atoms with van der Waals surface area (Å²) in [6.45, 7) is 8.74. The number of fused-ring (bicyclic) bond motifs is 3. The Labute approximate surface area is 193 Å². The minimum Gasteiger partial charge on any atom is -0.478 e. The van der Waals surface area contributed by atoms with E-state index in [9.17, 15) is 4.79 Å². The number of thiophene rings is 1. The first kappa shape index (κ1) is 21.0. The molecule has 0 aliphatic carbocycles. The molecule has 0 atom stereocenters. The van der Waals surface area contributed by atoms with Gasteiger partial charge >= 0.3 is 0 Å². The Kier molecular flexibility index (Phi) is 5.39. The lowest BCUT2D eigenvalue weighted by molar-refractivity contribution is 0.0951. The molecule has 3 heterocycles. The molecule has 1 aromatic heterocycles. The number of benzene rings is 2. The Balaban J connectivity index is 1.36. The lowest BCUT2D eigenvalue weighted by atomic mass is 9.86. The molecular weight excluding hydrogens is 418 g/mol. The molecule has 0 N–H and O–H groups in total. The zero-order chi connectivity index (χ0) is 22.3. The van der Waals surface area contributed by atoms with Crippen molar-refractivity contribution in [1.82, 2.24) is 4.90 Å². The summed E-state index contributed by atoms with van der Waals surface area (Å²) in [6.07, 6.45) is 2.82. The number of ketones is 1. The molecule has 2 aromatic carbocycles. The molecule has 0 amide bonds. The van der Waals surface area contributed by atoms with E-state index in [2.05, 4.69) is 55.3 Å². The van der Waals surface area contributed by atoms with Crippen LogP contribution in [-0.4, -0.2) is 24.0 Å². The van der Waals surface area contributed by atoms with Crippen LogP contribution in [0.25, 0.3) is 6.08 Å². The molecule has 4 nitrogen and oxygen atoms in total. The molecular formula is C27H27NO3S. The quantitative estimate of drug-likeness (QED) is 0.458. The van der Waals surface area contributed by atoms with Gasteiger partial charge in [0.15, 0.2) is 5.76 Å². The van der Waals surface area contributed by atoms with Crippen LogP contribution in [0.5, 0.6) is 11.5 Å². The number of hydrogen-bond acceptors (Lipinski definition) is 5. The van der Waals surface area contributed by atoms with Gasteiger partial charge in [-0.1, -0.05) is 51.1 Å². The van der Waals surface area contributed by atoms with Crippen LogP contribution in [0.2, 0.25) is 0 Å². The van der Waals surface area contributed by atoms with Gasteiger partial charge in [0.25, 0.3) is 0 Å². The molecule has 0 radical (unpaired) electrons. The summed E-state index contributed by atoms with van der Waals surface area (Å²) >= 11 is 1.78. The number of allylic oxidation sites excluding steroid dienone is 1. The third-order valence-corrected chi connectivity index (χ3v) is 6.95. The van der Waals surface area contributed by atoms with Crippen LogP contribution in [0.15, 0.2) is 59.7 Å². The molecule has 5 rings (SSSR count). The van der Waals surface area contributed by atoms with Crippen molar-refractivity contribution in [2.75, 3.05) is 13.3 Å². The molecule has 5 heteroatoms. The van der Waals surface area contributed by atoms with E-state index >= 15 is 0 Å². The van der Waals surface area contributed by atoms with Crippen LogP contribution in [0, 0.1) is 0 Å². The van der Waals surface area contributed by atoms with E-state index in [-0.39, 0.29) is 11.2 Å². The van der Waals surface area contributed by atoms with Crippen LogP contribution in [0.4, 0.5) is 0 Å². The van der Waals surface area contributed by atoms with Gasteiger partial charge in [0, 0.05) is 18.0 Å². The predicted octanol–water partition coefficient (Wildman–Crippen LogP) is 6.06. The third kappa shape index (κ3) is 4.10. The van der Waals surface area contributed by atoms with Crippen LogP contribution in [0.3, 0.4) is 0 Å². The van der Waals surface area contributed by atoms with Crippen molar-refractivity contribution >= 4 is 23.2 Å². The molecule has 0 saturated heterocycles. The van der Waals surface area contributed by atoms with Crippen molar-refractivity contribution in [3.63, 3.8) is 0 Å². The summed E-state index contributed by atoms with van der Waals surface area (Å²) in [4.78, 5) is 16.6. The van der Waals surface area contributed by atoms with Gasteiger partial charge in [0.05, 0.1) is 11.1 Å². The van der Waals surface area contributed by atoms with Gasteiger partial charge in [-0.25, -0.2) is 0 Å². The molecule has 164 valence electrons. The normalized spacial score (nSPS) is 17.1. The maximum atomic E-state index is 13.0. The fourth-order valence-electron chi connectivity index (χ4n) is 4.10. The lowest BCUT2D eigenvalue weighted by Gasteiger charge is -2.29. The van der Waals surface area contributed by atoms with Gasteiger partial charge in [-0.2, -0.15) is 0 Å². The van der Waals surface area contributed by atoms with Crippen LogP contribution in [0.1, 0.15) is 52.7 Å². The molecule has 2 aliphatic rings. The Morgan fingerprint density at radius 3 is 2.62 bits per heavy atom. The molecule has 0 saturated carbocycles. The molecule has 0 unspecified atom stereocenters. The van der Waals surface area contributed by atoms with Gasteiger partial charge in [0.2, 0.25) is 5.78 Å². The molecule has 0 fully saturated rings. The van der Waals surface area contributed by atoms with E-state index in [0.717, 1.165) is 29.8 Å². The third-order valence-electron chi connectivity index (χ3n) is 6.01. The van der Waals surface area contributed by atoms with Gasteiger partial charge < -0.3 is 9.47 Å². The Morgan fingerprint density at radius 1 is 1.09 bits per heavy atom. The summed E-state index contributed by atoms with van der Waals surface area (Å²) in [7, 11) is 0. The van der Waals surface area contributed by atoms with Gasteiger partial charge in [-0.3, -0.25) is 9.69 Å². The fourth-order valence-corrected chi connectivity index (χ4v) is 4.80. The maximum absolute atomic E-state index is 13.0. The average molecular weight is 446 g/mol. The van der Waals surface area contributed by atoms with Crippen molar-refractivity contribution in [2.45, 2.75) is 39.2 Å². The zero-order valence-corrected chi connectivity index (χ0v) is 19.5. The van der Waals surface area contributed by atoms with Crippen molar-refractivity contribution in [1.29, 1.82) is 0 Å². The molecule has 3 aromatic rings. The molecule has 0 spiro atoms. The second kappa shape index (κ2) is 8.23. The standard InChI is InChI=1S/C27H27NO3S/c1-27(2,3)19-8-6-18(7-9-19)15-24-25(29)21-10-11-23-22(26(21)31-24)16-28(17-30-23)13-12-20-5-4-14-32-20/h4-11,14-15H,12-13,16-17H2,1-3H3/b24-15-. The highest BCUT2D eigenvalue weighted by atomic mass is 32.1. The van der Waals surface area contributed by atoms with E-state index in [0.29, 0.717) is 30.3 Å². The molecule has 32 heavy (non-hydrogen) atoms. The second-order valence-corrected chi connectivity index (χ2v) is 10.4. The minimum absolute atomic E-state index is 0.0709. The number of carbonyl (C=O) groups is 1. The minimum atomic E-state index is -0.0709. The van der Waals surface area contributed by atoms with E-state index in [1.54, 1.807) is 11.3 Å². The average Bonchev–Trinajstić information content (AvgIpc) is 3.40. The monoisotopic (exact) mass is 445 g/mol. The highest BCUT2D eigenvalue weighted by Gasteiger charge is 2.33. The highest BCUT2D eigenvalue weighted by molar-refractivity contribution is 7.09.